The maximum absolute atomic E-state index is 12.5. The standard InChI is InChI=1S/C16H23N3O3/c1-13-2-3-14(10-17-13)15(20)19-5-4-16(21,12-19)11-18-6-8-22-9-7-18/h2-3,10,21H,4-9,11-12H2,1H3. The molecular weight excluding hydrogens is 282 g/mol. The van der Waals surface area contributed by atoms with Gasteiger partial charge in [-0.3, -0.25) is 14.7 Å². The number of amides is 1. The first-order valence-electron chi connectivity index (χ1n) is 7.80. The molecule has 6 nitrogen and oxygen atoms in total. The number of aromatic nitrogens is 1. The van der Waals surface area contributed by atoms with Gasteiger partial charge in [0.05, 0.1) is 30.9 Å². The van der Waals surface area contributed by atoms with Crippen molar-refractivity contribution in [2.75, 3.05) is 45.9 Å². The van der Waals surface area contributed by atoms with Crippen LogP contribution in [0.3, 0.4) is 0 Å². The lowest BCUT2D eigenvalue weighted by Crippen LogP contribution is -2.49. The summed E-state index contributed by atoms with van der Waals surface area (Å²) < 4.78 is 5.33. The Kier molecular flexibility index (Phi) is 4.42. The number of hydrogen-bond donors (Lipinski definition) is 1. The van der Waals surface area contributed by atoms with E-state index in [0.717, 1.165) is 18.8 Å². The van der Waals surface area contributed by atoms with Crippen LogP contribution in [-0.2, 0) is 4.74 Å². The largest absolute Gasteiger partial charge is 0.387 e. The summed E-state index contributed by atoms with van der Waals surface area (Å²) in [6, 6.07) is 3.63. The summed E-state index contributed by atoms with van der Waals surface area (Å²) >= 11 is 0. The Hall–Kier alpha value is -1.50. The van der Waals surface area contributed by atoms with Crippen LogP contribution < -0.4 is 0 Å². The first-order valence-corrected chi connectivity index (χ1v) is 7.80. The third-order valence-electron chi connectivity index (χ3n) is 4.40. The van der Waals surface area contributed by atoms with Crippen molar-refractivity contribution < 1.29 is 14.6 Å². The number of morpholine rings is 1. The topological polar surface area (TPSA) is 65.9 Å². The van der Waals surface area contributed by atoms with Gasteiger partial charge >= 0.3 is 0 Å². The number of hydrogen-bond acceptors (Lipinski definition) is 5. The highest BCUT2D eigenvalue weighted by molar-refractivity contribution is 5.94. The van der Waals surface area contributed by atoms with Crippen molar-refractivity contribution in [2.24, 2.45) is 0 Å². The number of ether oxygens (including phenoxy) is 1. The Balaban J connectivity index is 1.60. The number of likely N-dealkylation sites (tertiary alicyclic amines) is 1. The van der Waals surface area contributed by atoms with Gasteiger partial charge in [-0.05, 0) is 25.5 Å². The molecule has 0 aromatic carbocycles. The zero-order valence-electron chi connectivity index (χ0n) is 13.0. The van der Waals surface area contributed by atoms with Crippen molar-refractivity contribution in [1.82, 2.24) is 14.8 Å². The van der Waals surface area contributed by atoms with Gasteiger partial charge in [-0.1, -0.05) is 0 Å². The van der Waals surface area contributed by atoms with Crippen LogP contribution in [0.4, 0.5) is 0 Å². The molecule has 2 saturated heterocycles. The molecule has 3 heterocycles. The van der Waals surface area contributed by atoms with Gasteiger partial charge in [0.25, 0.3) is 5.91 Å². The highest BCUT2D eigenvalue weighted by atomic mass is 16.5. The first kappa shape index (κ1) is 15.4. The summed E-state index contributed by atoms with van der Waals surface area (Å²) in [5.41, 5.74) is 0.661. The Morgan fingerprint density at radius 2 is 2.14 bits per heavy atom. The predicted molar refractivity (Wildman–Crippen MR) is 81.7 cm³/mol. The Bertz CT molecular complexity index is 528. The monoisotopic (exact) mass is 305 g/mol. The number of β-amino-alcohol motifs (C(OH)–C–C–N with tert-alkyl or cyclic N) is 1. The quantitative estimate of drug-likeness (QED) is 0.870. The van der Waals surface area contributed by atoms with E-state index in [1.807, 2.05) is 13.0 Å². The minimum atomic E-state index is -0.814. The zero-order chi connectivity index (χ0) is 15.6. The van der Waals surface area contributed by atoms with Crippen LogP contribution in [0.2, 0.25) is 0 Å². The minimum Gasteiger partial charge on any atom is -0.387 e. The van der Waals surface area contributed by atoms with Crippen LogP contribution in [0.5, 0.6) is 0 Å². The number of carbonyl (C=O) groups excluding carboxylic acids is 1. The Morgan fingerprint density at radius 1 is 1.36 bits per heavy atom. The molecular formula is C16H23N3O3. The highest BCUT2D eigenvalue weighted by Gasteiger charge is 2.39. The molecule has 1 aromatic heterocycles. The molecule has 0 radical (unpaired) electrons. The van der Waals surface area contributed by atoms with E-state index in [2.05, 4.69) is 9.88 Å². The smallest absolute Gasteiger partial charge is 0.255 e. The lowest BCUT2D eigenvalue weighted by molar-refractivity contribution is -0.0257. The summed E-state index contributed by atoms with van der Waals surface area (Å²) in [6.45, 7) is 6.60. The summed E-state index contributed by atoms with van der Waals surface area (Å²) in [5, 5.41) is 10.8. The van der Waals surface area contributed by atoms with E-state index in [1.54, 1.807) is 17.2 Å². The molecule has 1 aromatic rings. The van der Waals surface area contributed by atoms with Gasteiger partial charge in [-0.25, -0.2) is 0 Å². The maximum Gasteiger partial charge on any atom is 0.255 e. The van der Waals surface area contributed by atoms with E-state index in [-0.39, 0.29) is 5.91 Å². The summed E-state index contributed by atoms with van der Waals surface area (Å²) in [5.74, 6) is -0.0506. The Labute approximate surface area is 130 Å². The second-order valence-electron chi connectivity index (χ2n) is 6.28. The number of carbonyl (C=O) groups is 1. The lowest BCUT2D eigenvalue weighted by atomic mass is 10.0. The molecule has 0 aliphatic carbocycles. The normalized spacial score (nSPS) is 26.4. The van der Waals surface area contributed by atoms with Crippen molar-refractivity contribution in [1.29, 1.82) is 0 Å². The van der Waals surface area contributed by atoms with Gasteiger partial charge in [0, 0.05) is 38.1 Å². The molecule has 1 unspecified atom stereocenters. The van der Waals surface area contributed by atoms with Crippen molar-refractivity contribution in [3.63, 3.8) is 0 Å². The fourth-order valence-corrected chi connectivity index (χ4v) is 3.11. The molecule has 0 spiro atoms. The fourth-order valence-electron chi connectivity index (χ4n) is 3.11. The van der Waals surface area contributed by atoms with Gasteiger partial charge in [-0.15, -0.1) is 0 Å². The number of aliphatic hydroxyl groups is 1. The molecule has 6 heteroatoms. The van der Waals surface area contributed by atoms with Crippen LogP contribution >= 0.6 is 0 Å². The molecule has 0 bridgehead atoms. The number of nitrogens with zero attached hydrogens (tertiary/aromatic N) is 3. The van der Waals surface area contributed by atoms with Crippen molar-refractivity contribution in [3.8, 4) is 0 Å². The van der Waals surface area contributed by atoms with E-state index < -0.39 is 5.60 Å². The third kappa shape index (κ3) is 3.45. The maximum atomic E-state index is 12.5. The summed E-state index contributed by atoms with van der Waals surface area (Å²) in [4.78, 5) is 20.6. The molecule has 2 aliphatic heterocycles. The van der Waals surface area contributed by atoms with E-state index in [4.69, 9.17) is 4.74 Å². The van der Waals surface area contributed by atoms with Gasteiger partial charge < -0.3 is 14.7 Å². The average Bonchev–Trinajstić information content (AvgIpc) is 2.90. The first-order chi connectivity index (χ1) is 10.6. The van der Waals surface area contributed by atoms with Crippen LogP contribution in [0.15, 0.2) is 18.3 Å². The molecule has 2 fully saturated rings. The number of rotatable bonds is 3. The SMILES string of the molecule is Cc1ccc(C(=O)N2CCC(O)(CN3CCOCC3)C2)cn1. The molecule has 1 amide bonds. The summed E-state index contributed by atoms with van der Waals surface area (Å²) in [6.07, 6.45) is 2.23. The van der Waals surface area contributed by atoms with Crippen molar-refractivity contribution in [3.05, 3.63) is 29.6 Å². The molecule has 0 saturated carbocycles. The number of pyridine rings is 1. The predicted octanol–water partition coefficient (Wildman–Crippen LogP) is 0.299. The van der Waals surface area contributed by atoms with E-state index in [0.29, 0.717) is 44.8 Å². The minimum absolute atomic E-state index is 0.0506. The van der Waals surface area contributed by atoms with Gasteiger partial charge in [-0.2, -0.15) is 0 Å². The van der Waals surface area contributed by atoms with E-state index in [1.165, 1.54) is 0 Å². The second kappa shape index (κ2) is 6.32. The number of aryl methyl sites for hydroxylation is 1. The van der Waals surface area contributed by atoms with Crippen molar-refractivity contribution in [2.45, 2.75) is 18.9 Å². The third-order valence-corrected chi connectivity index (χ3v) is 4.40. The zero-order valence-corrected chi connectivity index (χ0v) is 13.0. The van der Waals surface area contributed by atoms with E-state index in [9.17, 15) is 9.90 Å². The molecule has 2 aliphatic rings. The summed E-state index contributed by atoms with van der Waals surface area (Å²) in [7, 11) is 0. The molecule has 3 rings (SSSR count). The van der Waals surface area contributed by atoms with E-state index >= 15 is 0 Å². The molecule has 120 valence electrons. The average molecular weight is 305 g/mol. The lowest BCUT2D eigenvalue weighted by Gasteiger charge is -2.33. The van der Waals surface area contributed by atoms with Crippen LogP contribution in [0.1, 0.15) is 22.5 Å². The molecule has 22 heavy (non-hydrogen) atoms. The van der Waals surface area contributed by atoms with Crippen LogP contribution in [-0.4, -0.2) is 77.3 Å². The van der Waals surface area contributed by atoms with Crippen molar-refractivity contribution >= 4 is 5.91 Å². The second-order valence-corrected chi connectivity index (χ2v) is 6.28. The van der Waals surface area contributed by atoms with Gasteiger partial charge in [0.2, 0.25) is 0 Å². The van der Waals surface area contributed by atoms with Crippen LogP contribution in [0.25, 0.3) is 0 Å². The van der Waals surface area contributed by atoms with Gasteiger partial charge in [0.15, 0.2) is 0 Å². The van der Waals surface area contributed by atoms with Crippen LogP contribution in [0, 0.1) is 6.92 Å². The fraction of sp³-hybridized carbons (Fsp3) is 0.625. The Morgan fingerprint density at radius 3 is 2.82 bits per heavy atom. The molecule has 1 N–H and O–H groups in total. The van der Waals surface area contributed by atoms with Gasteiger partial charge in [0.1, 0.15) is 0 Å². The molecule has 1 atom stereocenters. The highest BCUT2D eigenvalue weighted by Crippen LogP contribution is 2.24.